The maximum atomic E-state index is 12.8. The zero-order chi connectivity index (χ0) is 18.9. The van der Waals surface area contributed by atoms with E-state index in [9.17, 15) is 13.2 Å². The van der Waals surface area contributed by atoms with Crippen molar-refractivity contribution < 1.29 is 13.2 Å². The Morgan fingerprint density at radius 1 is 1.19 bits per heavy atom. The molecule has 3 rings (SSSR count). The summed E-state index contributed by atoms with van der Waals surface area (Å²) in [6.07, 6.45) is 2.37. The van der Waals surface area contributed by atoms with E-state index < -0.39 is 10.0 Å². The third-order valence-corrected chi connectivity index (χ3v) is 7.79. The molecule has 1 saturated carbocycles. The molecule has 6 nitrogen and oxygen atoms in total. The van der Waals surface area contributed by atoms with Gasteiger partial charge in [0.25, 0.3) is 0 Å². The van der Waals surface area contributed by atoms with Crippen LogP contribution < -0.4 is 5.32 Å². The van der Waals surface area contributed by atoms with Crippen LogP contribution in [0.4, 0.5) is 0 Å². The first kappa shape index (κ1) is 19.9. The first-order valence-electron chi connectivity index (χ1n) is 8.75. The van der Waals surface area contributed by atoms with Crippen LogP contribution in [0.15, 0.2) is 23.1 Å². The molecule has 1 heterocycles. The molecule has 1 aliphatic carbocycles. The number of hydrogen-bond donors (Lipinski definition) is 1. The van der Waals surface area contributed by atoms with Gasteiger partial charge in [0.1, 0.15) is 4.90 Å². The molecule has 26 heavy (non-hydrogen) atoms. The van der Waals surface area contributed by atoms with E-state index in [0.29, 0.717) is 32.1 Å². The fraction of sp³-hybridized carbons (Fsp3) is 0.588. The number of rotatable bonds is 6. The summed E-state index contributed by atoms with van der Waals surface area (Å²) in [5.41, 5.74) is 0. The molecule has 1 saturated heterocycles. The molecule has 0 spiro atoms. The van der Waals surface area contributed by atoms with E-state index in [0.717, 1.165) is 0 Å². The zero-order valence-electron chi connectivity index (χ0n) is 14.6. The fourth-order valence-electron chi connectivity index (χ4n) is 3.20. The second-order valence-electron chi connectivity index (χ2n) is 6.92. The third kappa shape index (κ3) is 4.51. The highest BCUT2D eigenvalue weighted by molar-refractivity contribution is 7.89. The van der Waals surface area contributed by atoms with E-state index in [4.69, 9.17) is 23.2 Å². The molecule has 2 aliphatic rings. The number of benzene rings is 1. The molecule has 2 fully saturated rings. The Morgan fingerprint density at radius 3 is 2.31 bits per heavy atom. The molecular weight excluding hydrogens is 397 g/mol. The average molecular weight is 420 g/mol. The molecule has 1 atom stereocenters. The molecule has 0 aromatic heterocycles. The van der Waals surface area contributed by atoms with Gasteiger partial charge in [-0.3, -0.25) is 9.69 Å². The fourth-order valence-corrected chi connectivity index (χ4v) is 5.72. The standard InChI is InChI=1S/C17H23Cl2N3O3S/c1-12(13-5-6-13)20-16(23)11-21-7-9-22(10-8-21)26(24,25)17-14(18)3-2-4-15(17)19/h2-4,12-13H,5-11H2,1H3,(H,20,23)/t12-/m0/s1. The minimum Gasteiger partial charge on any atom is -0.352 e. The van der Waals surface area contributed by atoms with Gasteiger partial charge in [0.2, 0.25) is 15.9 Å². The summed E-state index contributed by atoms with van der Waals surface area (Å²) in [5, 5.41) is 3.26. The number of amides is 1. The normalized spacial score (nSPS) is 20.7. The number of nitrogens with one attached hydrogen (secondary N) is 1. The van der Waals surface area contributed by atoms with Crippen LogP contribution in [0.2, 0.25) is 10.0 Å². The maximum absolute atomic E-state index is 12.8. The molecule has 0 unspecified atom stereocenters. The van der Waals surface area contributed by atoms with Gasteiger partial charge in [0, 0.05) is 32.2 Å². The summed E-state index contributed by atoms with van der Waals surface area (Å²) in [4.78, 5) is 14.0. The Bertz CT molecular complexity index is 755. The number of carbonyl (C=O) groups excluding carboxylic acids is 1. The van der Waals surface area contributed by atoms with Gasteiger partial charge in [0.05, 0.1) is 16.6 Å². The SMILES string of the molecule is C[C@H](NC(=O)CN1CCN(S(=O)(=O)c2c(Cl)cccc2Cl)CC1)C1CC1. The largest absolute Gasteiger partial charge is 0.352 e. The van der Waals surface area contributed by atoms with Crippen molar-refractivity contribution in [1.82, 2.24) is 14.5 Å². The minimum atomic E-state index is -3.76. The predicted molar refractivity (Wildman–Crippen MR) is 102 cm³/mol. The lowest BCUT2D eigenvalue weighted by Gasteiger charge is -2.34. The predicted octanol–water partition coefficient (Wildman–Crippen LogP) is 2.21. The number of carbonyl (C=O) groups is 1. The van der Waals surface area contributed by atoms with Crippen LogP contribution in [-0.4, -0.2) is 62.3 Å². The van der Waals surface area contributed by atoms with Crippen molar-refractivity contribution in [3.05, 3.63) is 28.2 Å². The lowest BCUT2D eigenvalue weighted by atomic mass is 10.2. The summed E-state index contributed by atoms with van der Waals surface area (Å²) < 4.78 is 27.1. The lowest BCUT2D eigenvalue weighted by molar-refractivity contribution is -0.123. The van der Waals surface area contributed by atoms with Crippen LogP contribution >= 0.6 is 23.2 Å². The molecule has 1 aliphatic heterocycles. The Hall–Kier alpha value is -0.860. The van der Waals surface area contributed by atoms with Gasteiger partial charge >= 0.3 is 0 Å². The van der Waals surface area contributed by atoms with Crippen LogP contribution in [0.1, 0.15) is 19.8 Å². The molecule has 144 valence electrons. The second kappa shape index (κ2) is 8.02. The topological polar surface area (TPSA) is 69.7 Å². The van der Waals surface area contributed by atoms with Crippen LogP contribution in [0, 0.1) is 5.92 Å². The van der Waals surface area contributed by atoms with E-state index in [1.165, 1.54) is 29.3 Å². The van der Waals surface area contributed by atoms with E-state index in [-0.39, 0.29) is 33.4 Å². The quantitative estimate of drug-likeness (QED) is 0.766. The first-order valence-corrected chi connectivity index (χ1v) is 10.9. The number of hydrogen-bond acceptors (Lipinski definition) is 4. The summed E-state index contributed by atoms with van der Waals surface area (Å²) in [6, 6.07) is 4.86. The van der Waals surface area contributed by atoms with Crippen molar-refractivity contribution in [3.8, 4) is 0 Å². The molecule has 0 bridgehead atoms. The summed E-state index contributed by atoms with van der Waals surface area (Å²) in [7, 11) is -3.76. The summed E-state index contributed by atoms with van der Waals surface area (Å²) in [5.74, 6) is 0.608. The van der Waals surface area contributed by atoms with Gasteiger partial charge in [-0.1, -0.05) is 29.3 Å². The second-order valence-corrected chi connectivity index (χ2v) is 9.61. The molecule has 1 aromatic carbocycles. The first-order chi connectivity index (χ1) is 12.3. The van der Waals surface area contributed by atoms with Crippen molar-refractivity contribution in [2.75, 3.05) is 32.7 Å². The van der Waals surface area contributed by atoms with Gasteiger partial charge < -0.3 is 5.32 Å². The molecule has 0 radical (unpaired) electrons. The minimum absolute atomic E-state index is 0.00476. The molecule has 1 N–H and O–H groups in total. The van der Waals surface area contributed by atoms with E-state index in [2.05, 4.69) is 5.32 Å². The highest BCUT2D eigenvalue weighted by Crippen LogP contribution is 2.33. The Kier molecular flexibility index (Phi) is 6.14. The number of sulfonamides is 1. The van der Waals surface area contributed by atoms with Crippen LogP contribution in [0.25, 0.3) is 0 Å². The highest BCUT2D eigenvalue weighted by atomic mass is 35.5. The van der Waals surface area contributed by atoms with Crippen molar-refractivity contribution in [3.63, 3.8) is 0 Å². The smallest absolute Gasteiger partial charge is 0.246 e. The molecular formula is C17H23Cl2N3O3S. The third-order valence-electron chi connectivity index (χ3n) is 4.93. The van der Waals surface area contributed by atoms with Gasteiger partial charge in [-0.25, -0.2) is 8.42 Å². The van der Waals surface area contributed by atoms with Gasteiger partial charge in [-0.2, -0.15) is 4.31 Å². The zero-order valence-corrected chi connectivity index (χ0v) is 16.9. The van der Waals surface area contributed by atoms with Crippen LogP contribution in [-0.2, 0) is 14.8 Å². The van der Waals surface area contributed by atoms with Gasteiger partial charge in [-0.05, 0) is 37.8 Å². The Morgan fingerprint density at radius 2 is 1.77 bits per heavy atom. The average Bonchev–Trinajstić information content (AvgIpc) is 3.39. The van der Waals surface area contributed by atoms with Crippen molar-refractivity contribution in [2.24, 2.45) is 5.92 Å². The summed E-state index contributed by atoms with van der Waals surface area (Å²) >= 11 is 12.1. The van der Waals surface area contributed by atoms with Crippen molar-refractivity contribution in [2.45, 2.75) is 30.7 Å². The van der Waals surface area contributed by atoms with E-state index in [1.54, 1.807) is 6.07 Å². The van der Waals surface area contributed by atoms with Crippen LogP contribution in [0.5, 0.6) is 0 Å². The molecule has 1 aromatic rings. The van der Waals surface area contributed by atoms with Crippen molar-refractivity contribution in [1.29, 1.82) is 0 Å². The Balaban J connectivity index is 1.57. The van der Waals surface area contributed by atoms with Gasteiger partial charge in [0.15, 0.2) is 0 Å². The summed E-state index contributed by atoms with van der Waals surface area (Å²) in [6.45, 7) is 3.91. The Labute approximate surface area is 164 Å². The molecule has 9 heteroatoms. The van der Waals surface area contributed by atoms with E-state index in [1.807, 2.05) is 11.8 Å². The van der Waals surface area contributed by atoms with Crippen molar-refractivity contribution >= 4 is 39.1 Å². The number of halogens is 2. The number of nitrogens with zero attached hydrogens (tertiary/aromatic N) is 2. The maximum Gasteiger partial charge on any atom is 0.246 e. The number of piperazine rings is 1. The molecule has 1 amide bonds. The highest BCUT2D eigenvalue weighted by Gasteiger charge is 2.33. The van der Waals surface area contributed by atoms with E-state index >= 15 is 0 Å². The van der Waals surface area contributed by atoms with Crippen LogP contribution in [0.3, 0.4) is 0 Å². The van der Waals surface area contributed by atoms with Gasteiger partial charge in [-0.15, -0.1) is 0 Å². The monoisotopic (exact) mass is 419 g/mol. The lowest BCUT2D eigenvalue weighted by Crippen LogP contribution is -2.51.